The standard InChI is InChI=1S/C29H30Cl2N2O4/c1-19(2)32-29(35)25(15-20-6-4-3-5-7-20)33(17-22-8-11-23(30)24(31)14-22)28(34)13-10-21-9-12-26-27(16-21)37-18-36-26/h3-9,11-12,14,16,19,25H,10,13,15,17-18H2,1-2H3,(H,32,35)/t25-/m1/s1. The van der Waals surface area contributed by atoms with Crippen LogP contribution in [0.3, 0.4) is 0 Å². The molecule has 8 heteroatoms. The van der Waals surface area contributed by atoms with Gasteiger partial charge in [0.15, 0.2) is 11.5 Å². The van der Waals surface area contributed by atoms with Gasteiger partial charge in [0.2, 0.25) is 18.6 Å². The van der Waals surface area contributed by atoms with Crippen LogP contribution in [0.15, 0.2) is 66.7 Å². The van der Waals surface area contributed by atoms with Gasteiger partial charge in [-0.2, -0.15) is 0 Å². The Morgan fingerprint density at radius 1 is 0.892 bits per heavy atom. The lowest BCUT2D eigenvalue weighted by Gasteiger charge is -2.32. The van der Waals surface area contributed by atoms with E-state index in [0.29, 0.717) is 34.4 Å². The second-order valence-electron chi connectivity index (χ2n) is 9.33. The molecular weight excluding hydrogens is 511 g/mol. The van der Waals surface area contributed by atoms with Crippen LogP contribution >= 0.6 is 23.2 Å². The lowest BCUT2D eigenvalue weighted by Crippen LogP contribution is -2.51. The Morgan fingerprint density at radius 2 is 1.62 bits per heavy atom. The molecule has 37 heavy (non-hydrogen) atoms. The highest BCUT2D eigenvalue weighted by molar-refractivity contribution is 6.42. The van der Waals surface area contributed by atoms with E-state index in [2.05, 4.69) is 5.32 Å². The monoisotopic (exact) mass is 540 g/mol. The highest BCUT2D eigenvalue weighted by Gasteiger charge is 2.30. The molecule has 3 aromatic rings. The van der Waals surface area contributed by atoms with E-state index in [1.807, 2.05) is 68.4 Å². The van der Waals surface area contributed by atoms with Crippen LogP contribution in [0.2, 0.25) is 10.0 Å². The molecule has 0 radical (unpaired) electrons. The summed E-state index contributed by atoms with van der Waals surface area (Å²) in [6.07, 6.45) is 1.11. The number of ether oxygens (including phenoxy) is 2. The predicted molar refractivity (Wildman–Crippen MR) is 145 cm³/mol. The lowest BCUT2D eigenvalue weighted by molar-refractivity contribution is -0.141. The van der Waals surface area contributed by atoms with Gasteiger partial charge in [0.1, 0.15) is 6.04 Å². The number of carbonyl (C=O) groups excluding carboxylic acids is 2. The summed E-state index contributed by atoms with van der Waals surface area (Å²) in [6.45, 7) is 4.23. The zero-order valence-corrected chi connectivity index (χ0v) is 22.4. The van der Waals surface area contributed by atoms with Crippen molar-refractivity contribution in [1.82, 2.24) is 10.2 Å². The number of hydrogen-bond acceptors (Lipinski definition) is 4. The highest BCUT2D eigenvalue weighted by atomic mass is 35.5. The lowest BCUT2D eigenvalue weighted by atomic mass is 10.0. The summed E-state index contributed by atoms with van der Waals surface area (Å²) in [5.74, 6) is 1.04. The van der Waals surface area contributed by atoms with E-state index in [1.54, 1.807) is 17.0 Å². The number of rotatable bonds is 10. The molecule has 6 nitrogen and oxygen atoms in total. The summed E-state index contributed by atoms with van der Waals surface area (Å²) in [5.41, 5.74) is 2.72. The molecule has 1 N–H and O–H groups in total. The Hall–Kier alpha value is -3.22. The molecule has 1 heterocycles. The van der Waals surface area contributed by atoms with Crippen LogP contribution in [0.4, 0.5) is 0 Å². The first-order valence-electron chi connectivity index (χ1n) is 12.3. The summed E-state index contributed by atoms with van der Waals surface area (Å²) < 4.78 is 10.9. The van der Waals surface area contributed by atoms with E-state index in [9.17, 15) is 9.59 Å². The second-order valence-corrected chi connectivity index (χ2v) is 10.1. The molecule has 0 aliphatic carbocycles. The molecule has 1 aliphatic heterocycles. The van der Waals surface area contributed by atoms with Gasteiger partial charge < -0.3 is 19.7 Å². The van der Waals surface area contributed by atoms with Crippen LogP contribution in [0.25, 0.3) is 0 Å². The predicted octanol–water partition coefficient (Wildman–Crippen LogP) is 5.82. The number of aryl methyl sites for hydroxylation is 1. The molecule has 0 spiro atoms. The summed E-state index contributed by atoms with van der Waals surface area (Å²) in [4.78, 5) is 28.8. The van der Waals surface area contributed by atoms with Crippen LogP contribution in [0.1, 0.15) is 37.0 Å². The normalized spacial score (nSPS) is 12.9. The summed E-state index contributed by atoms with van der Waals surface area (Å²) >= 11 is 12.4. The molecule has 1 atom stereocenters. The topological polar surface area (TPSA) is 67.9 Å². The van der Waals surface area contributed by atoms with Crippen molar-refractivity contribution in [2.75, 3.05) is 6.79 Å². The Morgan fingerprint density at radius 3 is 2.35 bits per heavy atom. The SMILES string of the molecule is CC(C)NC(=O)[C@@H](Cc1ccccc1)N(Cc1ccc(Cl)c(Cl)c1)C(=O)CCc1ccc2c(c1)OCO2. The molecule has 3 aromatic carbocycles. The fourth-order valence-electron chi connectivity index (χ4n) is 4.26. The maximum absolute atomic E-state index is 13.8. The zero-order valence-electron chi connectivity index (χ0n) is 20.9. The molecule has 0 saturated heterocycles. The molecule has 4 rings (SSSR count). The smallest absolute Gasteiger partial charge is 0.243 e. The molecule has 0 aromatic heterocycles. The van der Waals surface area contributed by atoms with Crippen LogP contribution in [-0.2, 0) is 29.0 Å². The largest absolute Gasteiger partial charge is 0.454 e. The molecule has 0 unspecified atom stereocenters. The molecule has 2 amide bonds. The summed E-state index contributed by atoms with van der Waals surface area (Å²) in [5, 5.41) is 3.83. The van der Waals surface area contributed by atoms with E-state index in [1.165, 1.54) is 0 Å². The highest BCUT2D eigenvalue weighted by Crippen LogP contribution is 2.33. The number of halogens is 2. The quantitative estimate of drug-likeness (QED) is 0.351. The van der Waals surface area contributed by atoms with E-state index in [-0.39, 0.29) is 37.6 Å². The molecule has 0 fully saturated rings. The average molecular weight is 541 g/mol. The van der Waals surface area contributed by atoms with E-state index in [0.717, 1.165) is 16.7 Å². The summed E-state index contributed by atoms with van der Waals surface area (Å²) in [6, 6.07) is 19.9. The van der Waals surface area contributed by atoms with Crippen molar-refractivity contribution in [2.24, 2.45) is 0 Å². The third-order valence-corrected chi connectivity index (χ3v) is 6.84. The number of amides is 2. The van der Waals surface area contributed by atoms with Gasteiger partial charge >= 0.3 is 0 Å². The summed E-state index contributed by atoms with van der Waals surface area (Å²) in [7, 11) is 0. The molecule has 1 aliphatic rings. The van der Waals surface area contributed by atoms with Crippen molar-refractivity contribution in [3.63, 3.8) is 0 Å². The van der Waals surface area contributed by atoms with Gasteiger partial charge in [0.05, 0.1) is 10.0 Å². The van der Waals surface area contributed by atoms with Crippen LogP contribution in [0, 0.1) is 0 Å². The minimum Gasteiger partial charge on any atom is -0.454 e. The van der Waals surface area contributed by atoms with Crippen molar-refractivity contribution < 1.29 is 19.1 Å². The number of benzene rings is 3. The van der Waals surface area contributed by atoms with E-state index in [4.69, 9.17) is 32.7 Å². The number of nitrogens with zero attached hydrogens (tertiary/aromatic N) is 1. The van der Waals surface area contributed by atoms with Crippen molar-refractivity contribution in [3.05, 3.63) is 93.5 Å². The first kappa shape index (κ1) is 26.8. The van der Waals surface area contributed by atoms with Gasteiger partial charge in [-0.3, -0.25) is 9.59 Å². The molecular formula is C29H30Cl2N2O4. The van der Waals surface area contributed by atoms with Crippen molar-refractivity contribution in [1.29, 1.82) is 0 Å². The fourth-order valence-corrected chi connectivity index (χ4v) is 4.58. The zero-order chi connectivity index (χ0) is 26.4. The Labute approximate surface area is 227 Å². The van der Waals surface area contributed by atoms with Crippen molar-refractivity contribution >= 4 is 35.0 Å². The Bertz CT molecular complexity index is 1250. The Kier molecular flexibility index (Phi) is 8.95. The Balaban J connectivity index is 1.61. The van der Waals surface area contributed by atoms with Crippen LogP contribution in [-0.4, -0.2) is 35.6 Å². The van der Waals surface area contributed by atoms with Gasteiger partial charge in [-0.15, -0.1) is 0 Å². The van der Waals surface area contributed by atoms with Gasteiger partial charge in [-0.05, 0) is 61.2 Å². The maximum atomic E-state index is 13.8. The third kappa shape index (κ3) is 7.18. The van der Waals surface area contributed by atoms with Crippen LogP contribution in [0.5, 0.6) is 11.5 Å². The first-order valence-corrected chi connectivity index (χ1v) is 13.0. The van der Waals surface area contributed by atoms with Crippen LogP contribution < -0.4 is 14.8 Å². The van der Waals surface area contributed by atoms with Gasteiger partial charge in [0.25, 0.3) is 0 Å². The fraction of sp³-hybridized carbons (Fsp3) is 0.310. The number of carbonyl (C=O) groups is 2. The molecule has 0 bridgehead atoms. The minimum atomic E-state index is -0.705. The van der Waals surface area contributed by atoms with E-state index < -0.39 is 6.04 Å². The second kappa shape index (κ2) is 12.3. The number of hydrogen-bond donors (Lipinski definition) is 1. The van der Waals surface area contributed by atoms with Crippen molar-refractivity contribution in [3.8, 4) is 11.5 Å². The maximum Gasteiger partial charge on any atom is 0.243 e. The number of nitrogens with one attached hydrogen (secondary N) is 1. The van der Waals surface area contributed by atoms with Gasteiger partial charge in [0, 0.05) is 25.4 Å². The third-order valence-electron chi connectivity index (χ3n) is 6.10. The minimum absolute atomic E-state index is 0.0682. The van der Waals surface area contributed by atoms with Gasteiger partial charge in [-0.1, -0.05) is 65.7 Å². The average Bonchev–Trinajstić information content (AvgIpc) is 3.35. The molecule has 0 saturated carbocycles. The van der Waals surface area contributed by atoms with E-state index >= 15 is 0 Å². The molecule has 194 valence electrons. The first-order chi connectivity index (χ1) is 17.8. The number of fused-ring (bicyclic) bond motifs is 1. The van der Waals surface area contributed by atoms with Crippen molar-refractivity contribution in [2.45, 2.75) is 51.7 Å². The van der Waals surface area contributed by atoms with Gasteiger partial charge in [-0.25, -0.2) is 0 Å².